The third kappa shape index (κ3) is 17.7. The Balaban J connectivity index is 0. The minimum Gasteiger partial charge on any atom is -0.481 e. The van der Waals surface area contributed by atoms with E-state index in [2.05, 4.69) is 0 Å². The Morgan fingerprint density at radius 3 is 1.64 bits per heavy atom. The normalized spacial score (nSPS) is 9.45. The van der Waals surface area contributed by atoms with E-state index in [0.717, 1.165) is 6.92 Å². The maximum Gasteiger partial charge on any atom is 0.300 e. The van der Waals surface area contributed by atoms with Crippen LogP contribution in [0.2, 0.25) is 0 Å². The monoisotopic (exact) mass is 220 g/mol. The first kappa shape index (κ1) is 13.4. The molecule has 0 aromatic carbocycles. The van der Waals surface area contributed by atoms with Crippen molar-refractivity contribution in [3.05, 3.63) is 0 Å². The zero-order valence-corrected chi connectivity index (χ0v) is 7.83. The number of carbonyl (C=O) groups is 1. The van der Waals surface area contributed by atoms with Crippen LogP contribution in [0.5, 0.6) is 0 Å². The Morgan fingerprint density at radius 1 is 1.55 bits per heavy atom. The van der Waals surface area contributed by atoms with Crippen molar-refractivity contribution in [3.63, 3.8) is 0 Å². The summed E-state index contributed by atoms with van der Waals surface area (Å²) in [4.78, 5) is 9.00. The summed E-state index contributed by atoms with van der Waals surface area (Å²) in [6, 6.07) is 0. The largest absolute Gasteiger partial charge is 0.481 e. The van der Waals surface area contributed by atoms with Crippen molar-refractivity contribution in [2.45, 2.75) is 10.7 Å². The van der Waals surface area contributed by atoms with Crippen LogP contribution in [0.4, 0.5) is 0 Å². The Kier molecular flexibility index (Phi) is 6.65. The number of carboxylic acids is 1. The van der Waals surface area contributed by atoms with Gasteiger partial charge in [-0.3, -0.25) is 10.2 Å². The Morgan fingerprint density at radius 2 is 1.64 bits per heavy atom. The highest BCUT2D eigenvalue weighted by Crippen LogP contribution is 2.24. The standard InChI is InChI=1S/C2H3Cl3N2.C2H4O2/c3-2(4,5)1(6)7;1-2(3)4/h(H3,6,7);1H3,(H,3,4). The maximum absolute atomic E-state index is 9.00. The van der Waals surface area contributed by atoms with Gasteiger partial charge in [-0.15, -0.1) is 0 Å². The molecule has 0 saturated heterocycles. The molecule has 0 aliphatic heterocycles. The van der Waals surface area contributed by atoms with Crippen LogP contribution in [0.1, 0.15) is 6.92 Å². The number of hydrogen-bond acceptors (Lipinski definition) is 2. The Hall–Kier alpha value is -0.190. The lowest BCUT2D eigenvalue weighted by Gasteiger charge is -2.04. The number of rotatable bonds is 0. The summed E-state index contributed by atoms with van der Waals surface area (Å²) >= 11 is 15.1. The van der Waals surface area contributed by atoms with Crippen LogP contribution in [-0.4, -0.2) is 20.7 Å². The highest BCUT2D eigenvalue weighted by Gasteiger charge is 2.22. The van der Waals surface area contributed by atoms with E-state index in [1.165, 1.54) is 0 Å². The minimum absolute atomic E-state index is 0.461. The molecule has 0 spiro atoms. The van der Waals surface area contributed by atoms with Gasteiger partial charge in [0.25, 0.3) is 5.97 Å². The number of halogens is 3. The van der Waals surface area contributed by atoms with Gasteiger partial charge in [0, 0.05) is 6.92 Å². The molecule has 0 bridgehead atoms. The molecule has 4 N–H and O–H groups in total. The SMILES string of the molecule is CC(=O)O.N=C(N)C(Cl)(Cl)Cl. The molecule has 7 heteroatoms. The second-order valence-electron chi connectivity index (χ2n) is 1.43. The Bertz CT molecular complexity index is 150. The lowest BCUT2D eigenvalue weighted by molar-refractivity contribution is -0.134. The summed E-state index contributed by atoms with van der Waals surface area (Å²) in [5, 5.41) is 13.9. The van der Waals surface area contributed by atoms with Crippen molar-refractivity contribution in [3.8, 4) is 0 Å². The molecule has 0 saturated carbocycles. The summed E-state index contributed by atoms with van der Waals surface area (Å²) in [5.74, 6) is -1.29. The highest BCUT2D eigenvalue weighted by atomic mass is 35.6. The fourth-order valence-electron chi connectivity index (χ4n) is 0. The number of nitrogens with two attached hydrogens (primary N) is 1. The molecule has 0 atom stereocenters. The van der Waals surface area contributed by atoms with Crippen LogP contribution in [-0.2, 0) is 4.79 Å². The molecule has 11 heavy (non-hydrogen) atoms. The van der Waals surface area contributed by atoms with Gasteiger partial charge >= 0.3 is 0 Å². The molecule has 0 radical (unpaired) electrons. The average Bonchev–Trinajstić information content (AvgIpc) is 1.59. The van der Waals surface area contributed by atoms with Crippen molar-refractivity contribution in [1.29, 1.82) is 5.41 Å². The number of amidine groups is 1. The summed E-state index contributed by atoms with van der Waals surface area (Å²) in [7, 11) is 0. The number of hydrogen-bond donors (Lipinski definition) is 3. The van der Waals surface area contributed by atoms with Crippen molar-refractivity contribution < 1.29 is 9.90 Å². The van der Waals surface area contributed by atoms with Crippen molar-refractivity contribution >= 4 is 46.6 Å². The maximum atomic E-state index is 9.00. The molecular formula is C4H7Cl3N2O2. The van der Waals surface area contributed by atoms with Gasteiger partial charge in [-0.1, -0.05) is 34.8 Å². The third-order valence-corrected chi connectivity index (χ3v) is 0.916. The second kappa shape index (κ2) is 5.46. The molecular weight excluding hydrogens is 214 g/mol. The van der Waals surface area contributed by atoms with Crippen molar-refractivity contribution in [2.24, 2.45) is 5.73 Å². The number of alkyl halides is 3. The molecule has 0 amide bonds. The molecule has 0 heterocycles. The quantitative estimate of drug-likeness (QED) is 0.328. The van der Waals surface area contributed by atoms with E-state index in [4.69, 9.17) is 55.8 Å². The fraction of sp³-hybridized carbons (Fsp3) is 0.500. The molecule has 0 aliphatic rings. The van der Waals surface area contributed by atoms with Gasteiger partial charge in [-0.05, 0) is 0 Å². The van der Waals surface area contributed by atoms with Crippen LogP contribution >= 0.6 is 34.8 Å². The molecule has 0 fully saturated rings. The first-order valence-electron chi connectivity index (χ1n) is 2.28. The number of nitrogens with one attached hydrogen (secondary N) is 1. The molecule has 66 valence electrons. The predicted molar refractivity (Wildman–Crippen MR) is 45.5 cm³/mol. The van der Waals surface area contributed by atoms with Crippen LogP contribution in [0, 0.1) is 5.41 Å². The zero-order valence-electron chi connectivity index (χ0n) is 5.57. The van der Waals surface area contributed by atoms with Gasteiger partial charge < -0.3 is 10.8 Å². The first-order chi connectivity index (χ1) is 4.68. The Labute approximate surface area is 78.7 Å². The molecule has 4 nitrogen and oxygen atoms in total. The lowest BCUT2D eigenvalue weighted by Crippen LogP contribution is -2.26. The number of aliphatic carboxylic acids is 1. The van der Waals surface area contributed by atoms with Gasteiger partial charge in [0.05, 0.1) is 0 Å². The van der Waals surface area contributed by atoms with E-state index in [-0.39, 0.29) is 0 Å². The summed E-state index contributed by atoms with van der Waals surface area (Å²) in [5.41, 5.74) is 4.76. The van der Waals surface area contributed by atoms with E-state index in [1.807, 2.05) is 0 Å². The summed E-state index contributed by atoms with van der Waals surface area (Å²) in [6.07, 6.45) is 0. The molecule has 0 rings (SSSR count). The van der Waals surface area contributed by atoms with E-state index < -0.39 is 15.6 Å². The fourth-order valence-corrected chi connectivity index (χ4v) is 0. The smallest absolute Gasteiger partial charge is 0.300 e. The third-order valence-electron chi connectivity index (χ3n) is 0.305. The highest BCUT2D eigenvalue weighted by molar-refractivity contribution is 6.76. The molecule has 0 unspecified atom stereocenters. The van der Waals surface area contributed by atoms with Gasteiger partial charge in [-0.2, -0.15) is 0 Å². The molecule has 0 aliphatic carbocycles. The van der Waals surface area contributed by atoms with Crippen LogP contribution in [0.15, 0.2) is 0 Å². The number of carboxylic acid groups (broad SMARTS) is 1. The topological polar surface area (TPSA) is 87.2 Å². The second-order valence-corrected chi connectivity index (χ2v) is 3.71. The zero-order chi connectivity index (χ0) is 9.65. The van der Waals surface area contributed by atoms with Crippen LogP contribution in [0.25, 0.3) is 0 Å². The van der Waals surface area contributed by atoms with Crippen LogP contribution in [0.3, 0.4) is 0 Å². The molecule has 0 aromatic rings. The molecule has 0 aromatic heterocycles. The minimum atomic E-state index is -1.72. The summed E-state index contributed by atoms with van der Waals surface area (Å²) < 4.78 is -1.72. The van der Waals surface area contributed by atoms with E-state index in [0.29, 0.717) is 0 Å². The lowest BCUT2D eigenvalue weighted by atomic mass is 10.7. The van der Waals surface area contributed by atoms with Gasteiger partial charge in [0.15, 0.2) is 0 Å². The van der Waals surface area contributed by atoms with E-state index >= 15 is 0 Å². The van der Waals surface area contributed by atoms with Gasteiger partial charge in [0.1, 0.15) is 5.84 Å². The average molecular weight is 221 g/mol. The van der Waals surface area contributed by atoms with E-state index in [9.17, 15) is 0 Å². The van der Waals surface area contributed by atoms with Gasteiger partial charge in [-0.25, -0.2) is 0 Å². The van der Waals surface area contributed by atoms with Crippen LogP contribution < -0.4 is 5.73 Å². The van der Waals surface area contributed by atoms with Gasteiger partial charge in [0.2, 0.25) is 3.79 Å². The van der Waals surface area contributed by atoms with E-state index in [1.54, 1.807) is 0 Å². The predicted octanol–water partition coefficient (Wildman–Crippen LogP) is 1.38. The van der Waals surface area contributed by atoms with Crippen molar-refractivity contribution in [2.75, 3.05) is 0 Å². The van der Waals surface area contributed by atoms with Crippen molar-refractivity contribution in [1.82, 2.24) is 0 Å². The summed E-state index contributed by atoms with van der Waals surface area (Å²) in [6.45, 7) is 1.08. The first-order valence-corrected chi connectivity index (χ1v) is 3.42.